The van der Waals surface area contributed by atoms with Crippen LogP contribution in [0.1, 0.15) is 19.3 Å². The fourth-order valence-corrected chi connectivity index (χ4v) is 4.53. The zero-order chi connectivity index (χ0) is 24.4. The number of amides is 3. The molecule has 3 N–H and O–H groups in total. The maximum absolute atomic E-state index is 13.0. The summed E-state index contributed by atoms with van der Waals surface area (Å²) in [6.07, 6.45) is 3.77. The number of carbonyl (C=O) groups is 3. The van der Waals surface area contributed by atoms with Gasteiger partial charge in [0.1, 0.15) is 11.5 Å². The molecule has 1 aromatic heterocycles. The largest absolute Gasteiger partial charge is 0.457 e. The molecule has 2 aliphatic rings. The van der Waals surface area contributed by atoms with Crippen LogP contribution < -0.4 is 15.5 Å². The lowest BCUT2D eigenvalue weighted by atomic mass is 9.84. The van der Waals surface area contributed by atoms with Crippen molar-refractivity contribution in [2.75, 3.05) is 18.4 Å². The van der Waals surface area contributed by atoms with Crippen LogP contribution in [-0.2, 0) is 14.4 Å². The average molecular weight is 475 g/mol. The minimum atomic E-state index is -0.820. The normalized spacial score (nSPS) is 19.7. The van der Waals surface area contributed by atoms with Crippen LogP contribution >= 0.6 is 0 Å². The van der Waals surface area contributed by atoms with Gasteiger partial charge in [-0.15, -0.1) is 0 Å². The summed E-state index contributed by atoms with van der Waals surface area (Å²) in [6.45, 7) is 0.530. The molecule has 3 amide bonds. The van der Waals surface area contributed by atoms with Crippen LogP contribution in [-0.4, -0.2) is 45.9 Å². The lowest BCUT2D eigenvalue weighted by molar-refractivity contribution is -0.146. The molecule has 2 fully saturated rings. The summed E-state index contributed by atoms with van der Waals surface area (Å²) < 4.78 is 6.02. The van der Waals surface area contributed by atoms with E-state index in [0.29, 0.717) is 30.2 Å². The molecule has 0 spiro atoms. The Hall–Kier alpha value is -3.98. The van der Waals surface area contributed by atoms with Crippen molar-refractivity contribution in [3.63, 3.8) is 0 Å². The number of nitrogens with one attached hydrogen (secondary N) is 2. The number of hydrogen-bond donors (Lipinski definition) is 3. The van der Waals surface area contributed by atoms with Crippen molar-refractivity contribution in [2.45, 2.75) is 19.3 Å². The number of carbonyl (C=O) groups excluding carboxylic acids is 3. The van der Waals surface area contributed by atoms with Crippen molar-refractivity contribution >= 4 is 34.3 Å². The standard InChI is InChI=1S/C26H26N4O5/c31-24(19-12-14-30(26(33)16-5-6-16)15-21(19)25(32)29-34)28-17-7-9-18(10-8-17)35-23-11-13-27-22-4-2-1-3-20(22)23/h1-4,7-11,13,16,19,21,34H,5-6,12,14-15H2,(H,28,31)(H,29,32)/t19-,21-/m0/s1. The number of likely N-dealkylation sites (tertiary alicyclic amines) is 1. The van der Waals surface area contributed by atoms with Crippen molar-refractivity contribution in [1.82, 2.24) is 15.4 Å². The number of pyridine rings is 1. The van der Waals surface area contributed by atoms with Crippen LogP contribution in [0.3, 0.4) is 0 Å². The second-order valence-corrected chi connectivity index (χ2v) is 8.98. The number of anilines is 1. The lowest BCUT2D eigenvalue weighted by Crippen LogP contribution is -2.52. The molecule has 9 nitrogen and oxygen atoms in total. The molecule has 9 heteroatoms. The molecule has 0 bridgehead atoms. The van der Waals surface area contributed by atoms with E-state index in [2.05, 4.69) is 10.3 Å². The predicted molar refractivity (Wildman–Crippen MR) is 128 cm³/mol. The van der Waals surface area contributed by atoms with Crippen LogP contribution in [0.2, 0.25) is 0 Å². The number of nitrogens with zero attached hydrogens (tertiary/aromatic N) is 2. The summed E-state index contributed by atoms with van der Waals surface area (Å²) >= 11 is 0. The Kier molecular flexibility index (Phi) is 6.33. The Morgan fingerprint density at radius 2 is 1.71 bits per heavy atom. The number of fused-ring (bicyclic) bond motifs is 1. The third-order valence-corrected chi connectivity index (χ3v) is 6.59. The molecule has 1 aliphatic carbocycles. The molecule has 35 heavy (non-hydrogen) atoms. The Morgan fingerprint density at radius 1 is 0.943 bits per heavy atom. The molecule has 0 unspecified atom stereocenters. The zero-order valence-corrected chi connectivity index (χ0v) is 19.0. The molecule has 5 rings (SSSR count). The number of hydrogen-bond acceptors (Lipinski definition) is 6. The van der Waals surface area contributed by atoms with E-state index in [1.165, 1.54) is 0 Å². The maximum atomic E-state index is 13.0. The number of benzene rings is 2. The molecule has 1 saturated heterocycles. The van der Waals surface area contributed by atoms with Crippen LogP contribution in [0, 0.1) is 17.8 Å². The first-order valence-electron chi connectivity index (χ1n) is 11.7. The number of piperidine rings is 1. The van der Waals surface area contributed by atoms with Gasteiger partial charge in [0, 0.05) is 36.3 Å². The van der Waals surface area contributed by atoms with Crippen LogP contribution in [0.4, 0.5) is 5.69 Å². The van der Waals surface area contributed by atoms with Crippen LogP contribution in [0.15, 0.2) is 60.8 Å². The SMILES string of the molecule is O=C(NO)[C@H]1CN(C(=O)C2CC2)CC[C@@H]1C(=O)Nc1ccc(Oc2ccnc3ccccc23)cc1. The second-order valence-electron chi connectivity index (χ2n) is 8.98. The van der Waals surface area contributed by atoms with E-state index >= 15 is 0 Å². The Balaban J connectivity index is 1.25. The van der Waals surface area contributed by atoms with Gasteiger partial charge in [-0.1, -0.05) is 12.1 Å². The molecule has 0 radical (unpaired) electrons. The monoisotopic (exact) mass is 474 g/mol. The Labute approximate surface area is 202 Å². The Morgan fingerprint density at radius 3 is 2.46 bits per heavy atom. The highest BCUT2D eigenvalue weighted by Gasteiger charge is 2.42. The Bertz CT molecular complexity index is 1250. The summed E-state index contributed by atoms with van der Waals surface area (Å²) in [4.78, 5) is 43.7. The molecule has 3 aromatic rings. The van der Waals surface area contributed by atoms with Gasteiger partial charge >= 0.3 is 0 Å². The van der Waals surface area contributed by atoms with E-state index in [4.69, 9.17) is 4.74 Å². The van der Waals surface area contributed by atoms with Crippen molar-refractivity contribution in [1.29, 1.82) is 0 Å². The van der Waals surface area contributed by atoms with E-state index in [9.17, 15) is 19.6 Å². The number of ether oxygens (including phenoxy) is 1. The highest BCUT2D eigenvalue weighted by atomic mass is 16.5. The fourth-order valence-electron chi connectivity index (χ4n) is 4.53. The molecule has 1 saturated carbocycles. The van der Waals surface area contributed by atoms with E-state index < -0.39 is 17.7 Å². The third kappa shape index (κ3) is 4.95. The number of rotatable bonds is 6. The van der Waals surface area contributed by atoms with Gasteiger partial charge in [-0.25, -0.2) is 5.48 Å². The molecule has 2 heterocycles. The summed E-state index contributed by atoms with van der Waals surface area (Å²) in [5.41, 5.74) is 3.04. The summed E-state index contributed by atoms with van der Waals surface area (Å²) in [5, 5.41) is 12.9. The minimum absolute atomic E-state index is 0.0252. The van der Waals surface area contributed by atoms with Gasteiger partial charge in [0.2, 0.25) is 17.7 Å². The van der Waals surface area contributed by atoms with Gasteiger partial charge in [0.05, 0.1) is 17.4 Å². The highest BCUT2D eigenvalue weighted by Crippen LogP contribution is 2.34. The van der Waals surface area contributed by atoms with E-state index in [1.54, 1.807) is 46.9 Å². The molecule has 180 valence electrons. The van der Waals surface area contributed by atoms with E-state index in [1.807, 2.05) is 24.3 Å². The lowest BCUT2D eigenvalue weighted by Gasteiger charge is -2.36. The van der Waals surface area contributed by atoms with E-state index in [-0.39, 0.29) is 24.3 Å². The minimum Gasteiger partial charge on any atom is -0.457 e. The zero-order valence-electron chi connectivity index (χ0n) is 19.0. The quantitative estimate of drug-likeness (QED) is 0.372. The topological polar surface area (TPSA) is 121 Å². The van der Waals surface area contributed by atoms with Gasteiger partial charge in [-0.05, 0) is 61.7 Å². The second kappa shape index (κ2) is 9.71. The molecule has 2 atom stereocenters. The van der Waals surface area contributed by atoms with Gasteiger partial charge in [-0.2, -0.15) is 0 Å². The fraction of sp³-hybridized carbons (Fsp3) is 0.308. The van der Waals surface area contributed by atoms with Crippen LogP contribution in [0.5, 0.6) is 11.5 Å². The molecular weight excluding hydrogens is 448 g/mol. The van der Waals surface area contributed by atoms with Gasteiger partial charge in [0.25, 0.3) is 0 Å². The van der Waals surface area contributed by atoms with E-state index in [0.717, 1.165) is 23.7 Å². The highest BCUT2D eigenvalue weighted by molar-refractivity contribution is 5.96. The number of aromatic nitrogens is 1. The number of hydroxylamine groups is 1. The summed E-state index contributed by atoms with van der Waals surface area (Å²) in [7, 11) is 0. The molecule has 1 aliphatic heterocycles. The van der Waals surface area contributed by atoms with Crippen LogP contribution in [0.25, 0.3) is 10.9 Å². The summed E-state index contributed by atoms with van der Waals surface area (Å²) in [6, 6.07) is 16.4. The maximum Gasteiger partial charge on any atom is 0.249 e. The average Bonchev–Trinajstić information content (AvgIpc) is 3.74. The predicted octanol–water partition coefficient (Wildman–Crippen LogP) is 3.35. The molecule has 2 aromatic carbocycles. The first-order valence-corrected chi connectivity index (χ1v) is 11.7. The van der Waals surface area contributed by atoms with Crippen molar-refractivity contribution in [3.05, 3.63) is 60.8 Å². The number of para-hydroxylation sites is 1. The first-order chi connectivity index (χ1) is 17.0. The smallest absolute Gasteiger partial charge is 0.249 e. The van der Waals surface area contributed by atoms with Crippen molar-refractivity contribution in [2.24, 2.45) is 17.8 Å². The van der Waals surface area contributed by atoms with Crippen molar-refractivity contribution in [3.8, 4) is 11.5 Å². The molecular formula is C26H26N4O5. The van der Waals surface area contributed by atoms with Crippen molar-refractivity contribution < 1.29 is 24.3 Å². The third-order valence-electron chi connectivity index (χ3n) is 6.59. The van der Waals surface area contributed by atoms with Gasteiger partial charge in [0.15, 0.2) is 0 Å². The van der Waals surface area contributed by atoms with Gasteiger partial charge < -0.3 is 15.0 Å². The summed E-state index contributed by atoms with van der Waals surface area (Å²) in [5.74, 6) is -1.14. The van der Waals surface area contributed by atoms with Gasteiger partial charge in [-0.3, -0.25) is 24.6 Å². The first kappa shape index (κ1) is 22.8.